The van der Waals surface area contributed by atoms with Crippen LogP contribution in [0.2, 0.25) is 0 Å². The maximum absolute atomic E-state index is 15.3. The van der Waals surface area contributed by atoms with E-state index < -0.39 is 17.6 Å². The van der Waals surface area contributed by atoms with Crippen molar-refractivity contribution in [3.05, 3.63) is 48.0 Å². The zero-order valence-corrected chi connectivity index (χ0v) is 27.8. The van der Waals surface area contributed by atoms with Crippen LogP contribution in [-0.4, -0.2) is 103 Å². The van der Waals surface area contributed by atoms with Gasteiger partial charge in [0, 0.05) is 54.5 Å². The lowest BCUT2D eigenvalue weighted by molar-refractivity contribution is -0.0123. The van der Waals surface area contributed by atoms with Crippen molar-refractivity contribution in [2.45, 2.75) is 43.5 Å². The Morgan fingerprint density at radius 2 is 2.08 bits per heavy atom. The number of hydrogen-bond donors (Lipinski definition) is 2. The van der Waals surface area contributed by atoms with Crippen molar-refractivity contribution in [2.24, 2.45) is 7.05 Å². The van der Waals surface area contributed by atoms with E-state index in [9.17, 15) is 9.50 Å². The number of alkyl halides is 1. The zero-order valence-electron chi connectivity index (χ0n) is 27.8. The molecule has 0 spiro atoms. The first-order valence-corrected chi connectivity index (χ1v) is 16.9. The minimum absolute atomic E-state index is 0.142. The molecule has 0 radical (unpaired) electrons. The third-order valence-corrected chi connectivity index (χ3v) is 10.7. The number of halogens is 2. The van der Waals surface area contributed by atoms with Gasteiger partial charge in [-0.15, -0.1) is 6.42 Å². The number of hydrogen-bond acceptors (Lipinski definition) is 9. The number of aromatic nitrogens is 6. The molecule has 0 amide bonds. The summed E-state index contributed by atoms with van der Waals surface area (Å²) < 4.78 is 44.1. The van der Waals surface area contributed by atoms with Gasteiger partial charge < -0.3 is 24.0 Å². The van der Waals surface area contributed by atoms with E-state index >= 15 is 4.39 Å². The highest BCUT2D eigenvalue weighted by molar-refractivity contribution is 6.20. The second kappa shape index (κ2) is 11.3. The predicted octanol–water partition coefficient (Wildman–Crippen LogP) is 4.88. The van der Waals surface area contributed by atoms with Crippen molar-refractivity contribution in [1.82, 2.24) is 34.6 Å². The fourth-order valence-electron chi connectivity index (χ4n) is 8.58. The summed E-state index contributed by atoms with van der Waals surface area (Å²) in [6.45, 7) is 4.58. The average molecular weight is 679 g/mol. The van der Waals surface area contributed by atoms with E-state index in [0.29, 0.717) is 54.2 Å². The van der Waals surface area contributed by atoms with Gasteiger partial charge in [0.15, 0.2) is 0 Å². The van der Waals surface area contributed by atoms with Gasteiger partial charge in [0.2, 0.25) is 0 Å². The minimum Gasteiger partial charge on any atom is -0.461 e. The molecular weight excluding hydrogens is 642 g/mol. The summed E-state index contributed by atoms with van der Waals surface area (Å²) in [6.07, 6.45) is 10.7. The lowest BCUT2D eigenvalue weighted by atomic mass is 9.93. The van der Waals surface area contributed by atoms with Gasteiger partial charge in [0.05, 0.1) is 59.2 Å². The highest BCUT2D eigenvalue weighted by atomic mass is 19.1. The van der Waals surface area contributed by atoms with Crippen LogP contribution in [0.5, 0.6) is 6.01 Å². The molecule has 3 atom stereocenters. The number of nitrogens with zero attached hydrogens (tertiary/aromatic N) is 7. The van der Waals surface area contributed by atoms with Crippen LogP contribution in [-0.2, 0) is 11.8 Å². The van der Waals surface area contributed by atoms with Crippen molar-refractivity contribution in [3.8, 4) is 29.6 Å². The van der Waals surface area contributed by atoms with E-state index in [1.54, 1.807) is 25.4 Å². The maximum Gasteiger partial charge on any atom is 0.320 e. The summed E-state index contributed by atoms with van der Waals surface area (Å²) in [7, 11) is 1.90. The molecule has 3 fully saturated rings. The molecule has 11 nitrogen and oxygen atoms in total. The smallest absolute Gasteiger partial charge is 0.320 e. The summed E-state index contributed by atoms with van der Waals surface area (Å²) in [5, 5.41) is 22.2. The van der Waals surface area contributed by atoms with Crippen LogP contribution in [0.1, 0.15) is 31.7 Å². The molecule has 3 aliphatic rings. The molecule has 50 heavy (non-hydrogen) atoms. The Hall–Kier alpha value is -4.90. The average Bonchev–Trinajstić information content (AvgIpc) is 3.83. The molecule has 7 heterocycles. The largest absolute Gasteiger partial charge is 0.461 e. The molecule has 6 aromatic rings. The van der Waals surface area contributed by atoms with Crippen LogP contribution >= 0.6 is 0 Å². The van der Waals surface area contributed by atoms with Crippen LogP contribution < -0.4 is 9.64 Å². The third kappa shape index (κ3) is 4.73. The van der Waals surface area contributed by atoms with E-state index in [-0.39, 0.29) is 36.9 Å². The van der Waals surface area contributed by atoms with Gasteiger partial charge in [-0.3, -0.25) is 15.0 Å². The molecule has 0 aliphatic carbocycles. The van der Waals surface area contributed by atoms with Crippen molar-refractivity contribution in [3.63, 3.8) is 0 Å². The van der Waals surface area contributed by atoms with Crippen molar-refractivity contribution >= 4 is 49.4 Å². The van der Waals surface area contributed by atoms with Gasteiger partial charge >= 0.3 is 6.01 Å². The molecule has 0 unspecified atom stereocenters. The van der Waals surface area contributed by atoms with Gasteiger partial charge in [-0.1, -0.05) is 12.0 Å². The summed E-state index contributed by atoms with van der Waals surface area (Å²) >= 11 is 0. The number of aryl methyl sites for hydroxylation is 1. The van der Waals surface area contributed by atoms with Crippen molar-refractivity contribution in [1.29, 1.82) is 0 Å². The number of pyridine rings is 1. The molecule has 0 bridgehead atoms. The molecule has 2 N–H and O–H groups in total. The quantitative estimate of drug-likeness (QED) is 0.246. The number of benzene rings is 2. The van der Waals surface area contributed by atoms with E-state index in [4.69, 9.17) is 30.8 Å². The molecule has 4 aromatic heterocycles. The number of H-pyrrole nitrogens is 1. The topological polar surface area (TPSA) is 117 Å². The molecule has 9 rings (SSSR count). The first-order chi connectivity index (χ1) is 24.2. The van der Waals surface area contributed by atoms with E-state index in [1.165, 1.54) is 6.07 Å². The van der Waals surface area contributed by atoms with Gasteiger partial charge in [-0.2, -0.15) is 15.1 Å². The maximum atomic E-state index is 15.3. The summed E-state index contributed by atoms with van der Waals surface area (Å²) in [5.41, 5.74) is 1.91. The number of ether oxygens (including phenoxy) is 2. The monoisotopic (exact) mass is 678 g/mol. The number of aromatic amines is 1. The molecule has 3 saturated heterocycles. The minimum atomic E-state index is -1.14. The molecule has 3 aliphatic heterocycles. The number of fused-ring (bicyclic) bond motifs is 6. The van der Waals surface area contributed by atoms with Crippen LogP contribution in [0.15, 0.2) is 36.7 Å². The van der Waals surface area contributed by atoms with Crippen LogP contribution in [0.3, 0.4) is 0 Å². The highest BCUT2D eigenvalue weighted by Gasteiger charge is 2.49. The lowest BCUT2D eigenvalue weighted by Gasteiger charge is -2.31. The molecule has 256 valence electrons. The Morgan fingerprint density at radius 1 is 1.20 bits per heavy atom. The van der Waals surface area contributed by atoms with Gasteiger partial charge in [-0.05, 0) is 49.9 Å². The Balaban J connectivity index is 1.29. The Kier molecular flexibility index (Phi) is 7.04. The van der Waals surface area contributed by atoms with Gasteiger partial charge in [0.25, 0.3) is 0 Å². The van der Waals surface area contributed by atoms with Gasteiger partial charge in [-0.25, -0.2) is 8.78 Å². The van der Waals surface area contributed by atoms with E-state index in [0.717, 1.165) is 52.0 Å². The number of terminal acetylenes is 1. The van der Waals surface area contributed by atoms with Crippen molar-refractivity contribution < 1.29 is 23.4 Å². The zero-order chi connectivity index (χ0) is 34.4. The Labute approximate surface area is 286 Å². The molecule has 2 aromatic carbocycles. The van der Waals surface area contributed by atoms with E-state index in [2.05, 4.69) is 21.0 Å². The lowest BCUT2D eigenvalue weighted by Crippen LogP contribution is -2.44. The second-order valence-corrected chi connectivity index (χ2v) is 14.2. The molecular formula is C37H36F2N8O3. The highest BCUT2D eigenvalue weighted by Crippen LogP contribution is 2.44. The standard InChI is InChI=1S/C37H36F2N8O3/c1-4-23-26(39)7-6-21-14-27-25(16-41-44-27)29(28(21)23)31-32-24(8-10-40-31)30-33(45(32)3)42-35(43-34(30)46-12-13-49-19-36(2,48)18-46)50-20-37-9-5-11-47(37)17-22(38)15-37/h1,6-8,10,14,16,22,48H,5,9,11-13,15,17-20H2,2-3H3,(H,41,44)/t22-,36+,37+/m1/s1. The summed E-state index contributed by atoms with van der Waals surface area (Å²) in [4.78, 5) is 19.1. The number of nitrogens with one attached hydrogen (secondary N) is 1. The van der Waals surface area contributed by atoms with E-state index in [1.807, 2.05) is 28.6 Å². The normalized spacial score (nSPS) is 24.4. The van der Waals surface area contributed by atoms with Crippen LogP contribution in [0.4, 0.5) is 14.6 Å². The second-order valence-electron chi connectivity index (χ2n) is 14.2. The van der Waals surface area contributed by atoms with Crippen molar-refractivity contribution in [2.75, 3.05) is 50.9 Å². The predicted molar refractivity (Wildman–Crippen MR) is 186 cm³/mol. The summed E-state index contributed by atoms with van der Waals surface area (Å²) in [6, 6.07) is 7.07. The Morgan fingerprint density at radius 3 is 2.94 bits per heavy atom. The van der Waals surface area contributed by atoms with Gasteiger partial charge in [0.1, 0.15) is 35.7 Å². The van der Waals surface area contributed by atoms with Crippen LogP contribution in [0, 0.1) is 18.2 Å². The fourth-order valence-corrected chi connectivity index (χ4v) is 8.58. The first-order valence-electron chi connectivity index (χ1n) is 16.9. The van der Waals surface area contributed by atoms with Crippen LogP contribution in [0.25, 0.3) is 54.9 Å². The number of aliphatic hydroxyl groups is 1. The molecule has 13 heteroatoms. The fraction of sp³-hybridized carbons (Fsp3) is 0.405. The first kappa shape index (κ1) is 31.1. The number of β-amino-alcohol motifs (C(OH)–C–C–N with tert-alkyl or cyclic N) is 1. The molecule has 0 saturated carbocycles. The Bertz CT molecular complexity index is 2380. The SMILES string of the molecule is C#Cc1c(F)ccc2cc3[nH]ncc3c(-c3nccc4c5c(N6CCOC[C@@](C)(O)C6)nc(OC[C@@]67CCCN6C[C@H](F)C7)nc5n(C)c34)c12. The third-order valence-electron chi connectivity index (χ3n) is 10.7. The summed E-state index contributed by atoms with van der Waals surface area (Å²) in [5.74, 6) is 2.65. The number of rotatable bonds is 5. The number of anilines is 1.